The first-order valence-electron chi connectivity index (χ1n) is 6.30. The fourth-order valence-corrected chi connectivity index (χ4v) is 3.89. The van der Waals surface area contributed by atoms with Crippen LogP contribution in [-0.2, 0) is 16.4 Å². The molecule has 0 amide bonds. The highest BCUT2D eigenvalue weighted by Gasteiger charge is 2.25. The van der Waals surface area contributed by atoms with Crippen LogP contribution in [0.25, 0.3) is 0 Å². The van der Waals surface area contributed by atoms with Gasteiger partial charge in [-0.2, -0.15) is 0 Å². The first-order valence-corrected chi connectivity index (χ1v) is 7.90. The van der Waals surface area contributed by atoms with Gasteiger partial charge in [0.25, 0.3) is 0 Å². The lowest BCUT2D eigenvalue weighted by Crippen LogP contribution is -2.39. The minimum absolute atomic E-state index is 0.202. The van der Waals surface area contributed by atoms with E-state index >= 15 is 0 Å². The van der Waals surface area contributed by atoms with Crippen LogP contribution in [0.1, 0.15) is 28.8 Å². The second-order valence-corrected chi connectivity index (χ2v) is 6.72. The quantitative estimate of drug-likeness (QED) is 0.905. The van der Waals surface area contributed by atoms with E-state index in [-0.39, 0.29) is 11.3 Å². The fraction of sp³-hybridized carbons (Fsp3) is 0.462. The minimum atomic E-state index is -3.14. The summed E-state index contributed by atoms with van der Waals surface area (Å²) in [6.07, 6.45) is 2.02. The Morgan fingerprint density at radius 3 is 2.68 bits per heavy atom. The Balaban J connectivity index is 2.09. The predicted molar refractivity (Wildman–Crippen MR) is 71.7 cm³/mol. The summed E-state index contributed by atoms with van der Waals surface area (Å²) < 4.78 is 25.1. The first-order chi connectivity index (χ1) is 9.00. The lowest BCUT2D eigenvalue weighted by molar-refractivity contribution is 0.0695. The first kappa shape index (κ1) is 14.0. The molecule has 104 valence electrons. The molecule has 1 aromatic carbocycles. The topological polar surface area (TPSA) is 74.7 Å². The van der Waals surface area contributed by atoms with Gasteiger partial charge < -0.3 is 5.11 Å². The number of benzene rings is 1. The van der Waals surface area contributed by atoms with E-state index in [0.29, 0.717) is 31.5 Å². The maximum atomic E-state index is 11.8. The molecular formula is C13H17NO4S. The zero-order valence-electron chi connectivity index (χ0n) is 10.6. The Morgan fingerprint density at radius 2 is 2.00 bits per heavy atom. The average Bonchev–Trinajstić information content (AvgIpc) is 2.37. The normalized spacial score (nSPS) is 19.2. The van der Waals surface area contributed by atoms with Crippen LogP contribution in [0.15, 0.2) is 24.3 Å². The number of carboxylic acid groups (broad SMARTS) is 1. The van der Waals surface area contributed by atoms with Crippen LogP contribution in [0, 0.1) is 0 Å². The number of hydrogen-bond acceptors (Lipinski definition) is 3. The average molecular weight is 283 g/mol. The van der Waals surface area contributed by atoms with E-state index in [9.17, 15) is 13.2 Å². The maximum absolute atomic E-state index is 11.8. The molecule has 1 aliphatic heterocycles. The zero-order chi connectivity index (χ0) is 13.9. The molecule has 0 radical (unpaired) electrons. The van der Waals surface area contributed by atoms with Crippen molar-refractivity contribution in [2.75, 3.05) is 18.8 Å². The molecule has 0 aromatic heterocycles. The highest BCUT2D eigenvalue weighted by Crippen LogP contribution is 2.16. The summed E-state index contributed by atoms with van der Waals surface area (Å²) in [5, 5.41) is 9.07. The van der Waals surface area contributed by atoms with Crippen molar-refractivity contribution in [3.8, 4) is 0 Å². The van der Waals surface area contributed by atoms with E-state index in [1.807, 2.05) is 0 Å². The summed E-state index contributed by atoms with van der Waals surface area (Å²) in [5.41, 5.74) is 0.924. The number of nitrogens with zero attached hydrogens (tertiary/aromatic N) is 1. The second kappa shape index (κ2) is 5.71. The zero-order valence-corrected chi connectivity index (χ0v) is 11.4. The van der Waals surface area contributed by atoms with Crippen LogP contribution in [0.2, 0.25) is 0 Å². The van der Waals surface area contributed by atoms with Crippen molar-refractivity contribution < 1.29 is 18.3 Å². The second-order valence-electron chi connectivity index (χ2n) is 4.63. The van der Waals surface area contributed by atoms with E-state index in [2.05, 4.69) is 0 Å². The van der Waals surface area contributed by atoms with Crippen LogP contribution < -0.4 is 0 Å². The molecule has 0 bridgehead atoms. The largest absolute Gasteiger partial charge is 0.478 e. The van der Waals surface area contributed by atoms with Crippen LogP contribution >= 0.6 is 0 Å². The minimum Gasteiger partial charge on any atom is -0.478 e. The van der Waals surface area contributed by atoms with Crippen molar-refractivity contribution in [1.29, 1.82) is 0 Å². The van der Waals surface area contributed by atoms with Crippen molar-refractivity contribution in [1.82, 2.24) is 4.31 Å². The molecule has 19 heavy (non-hydrogen) atoms. The van der Waals surface area contributed by atoms with E-state index in [4.69, 9.17) is 5.11 Å². The number of aromatic carboxylic acids is 1. The van der Waals surface area contributed by atoms with Crippen molar-refractivity contribution in [2.24, 2.45) is 0 Å². The molecule has 2 rings (SSSR count). The predicted octanol–water partition coefficient (Wildman–Crippen LogP) is 1.35. The van der Waals surface area contributed by atoms with Gasteiger partial charge in [-0.05, 0) is 30.9 Å². The Hall–Kier alpha value is -1.40. The molecular weight excluding hydrogens is 266 g/mol. The molecule has 0 aliphatic carbocycles. The molecule has 1 aliphatic rings. The summed E-state index contributed by atoms with van der Waals surface area (Å²) in [6, 6.07) is 6.72. The molecule has 5 nitrogen and oxygen atoms in total. The lowest BCUT2D eigenvalue weighted by atomic mass is 10.0. The number of sulfonamides is 1. The summed E-state index contributed by atoms with van der Waals surface area (Å²) in [7, 11) is -3.14. The Morgan fingerprint density at radius 1 is 1.26 bits per heavy atom. The molecule has 1 heterocycles. The van der Waals surface area contributed by atoms with E-state index in [1.54, 1.807) is 24.3 Å². The van der Waals surface area contributed by atoms with Crippen LogP contribution in [0.4, 0.5) is 0 Å². The van der Waals surface area contributed by atoms with Crippen LogP contribution in [-0.4, -0.2) is 42.6 Å². The van der Waals surface area contributed by atoms with Crippen molar-refractivity contribution >= 4 is 16.0 Å². The molecule has 1 saturated heterocycles. The molecule has 0 saturated carbocycles. The summed E-state index contributed by atoms with van der Waals surface area (Å²) >= 11 is 0. The van der Waals surface area contributed by atoms with Gasteiger partial charge in [0.1, 0.15) is 0 Å². The molecule has 0 spiro atoms. The number of rotatable bonds is 4. The molecule has 0 unspecified atom stereocenters. The summed E-state index contributed by atoms with van der Waals surface area (Å²) in [4.78, 5) is 11.1. The third-order valence-electron chi connectivity index (χ3n) is 3.33. The summed E-state index contributed by atoms with van der Waals surface area (Å²) in [6.45, 7) is 0.893. The molecule has 1 fully saturated rings. The highest BCUT2D eigenvalue weighted by atomic mass is 32.2. The third kappa shape index (κ3) is 3.33. The van der Waals surface area contributed by atoms with Gasteiger partial charge in [-0.25, -0.2) is 17.5 Å². The van der Waals surface area contributed by atoms with Gasteiger partial charge in [0.2, 0.25) is 10.0 Å². The SMILES string of the molecule is O=C(O)c1ccccc1CCN1CCCCS1(=O)=O. The molecule has 1 N–H and O–H groups in total. The molecule has 1 aromatic rings. The van der Waals surface area contributed by atoms with Gasteiger partial charge in [0, 0.05) is 13.1 Å². The number of carboxylic acids is 1. The summed E-state index contributed by atoms with van der Waals surface area (Å²) in [5.74, 6) is -0.773. The van der Waals surface area contributed by atoms with Gasteiger partial charge in [-0.3, -0.25) is 0 Å². The van der Waals surface area contributed by atoms with Gasteiger partial charge in [0.15, 0.2) is 0 Å². The third-order valence-corrected chi connectivity index (χ3v) is 5.29. The van der Waals surface area contributed by atoms with Crippen LogP contribution in [0.5, 0.6) is 0 Å². The monoisotopic (exact) mass is 283 g/mol. The van der Waals surface area contributed by atoms with Gasteiger partial charge in [0.05, 0.1) is 11.3 Å². The number of carbonyl (C=O) groups is 1. The van der Waals surface area contributed by atoms with Crippen molar-refractivity contribution in [2.45, 2.75) is 19.3 Å². The van der Waals surface area contributed by atoms with Crippen molar-refractivity contribution in [3.05, 3.63) is 35.4 Å². The fourth-order valence-electron chi connectivity index (χ4n) is 2.28. The maximum Gasteiger partial charge on any atom is 0.335 e. The molecule has 0 atom stereocenters. The van der Waals surface area contributed by atoms with E-state index in [1.165, 1.54) is 4.31 Å². The van der Waals surface area contributed by atoms with Crippen molar-refractivity contribution in [3.63, 3.8) is 0 Å². The number of hydrogen-bond donors (Lipinski definition) is 1. The smallest absolute Gasteiger partial charge is 0.335 e. The Kier molecular flexibility index (Phi) is 4.21. The van der Waals surface area contributed by atoms with Gasteiger partial charge in [-0.15, -0.1) is 0 Å². The lowest BCUT2D eigenvalue weighted by Gasteiger charge is -2.26. The van der Waals surface area contributed by atoms with E-state index < -0.39 is 16.0 Å². The highest BCUT2D eigenvalue weighted by molar-refractivity contribution is 7.89. The standard InChI is InChI=1S/C13H17NO4S/c15-13(16)12-6-2-1-5-11(12)7-9-14-8-3-4-10-19(14,17)18/h1-2,5-6H,3-4,7-10H2,(H,15,16). The van der Waals surface area contributed by atoms with Gasteiger partial charge in [-0.1, -0.05) is 18.2 Å². The Labute approximate surface area is 112 Å². The van der Waals surface area contributed by atoms with Crippen LogP contribution in [0.3, 0.4) is 0 Å². The molecule has 6 heteroatoms. The van der Waals surface area contributed by atoms with Gasteiger partial charge >= 0.3 is 5.97 Å². The Bertz CT molecular complexity index is 568. The van der Waals surface area contributed by atoms with E-state index in [0.717, 1.165) is 6.42 Å².